The van der Waals surface area contributed by atoms with E-state index in [1.807, 2.05) is 0 Å². The third-order valence-corrected chi connectivity index (χ3v) is 3.50. The zero-order chi connectivity index (χ0) is 20.4. The van der Waals surface area contributed by atoms with Crippen molar-refractivity contribution in [2.45, 2.75) is 6.92 Å². The molecule has 2 heterocycles. The highest BCUT2D eigenvalue weighted by Crippen LogP contribution is 1.99. The van der Waals surface area contributed by atoms with E-state index in [2.05, 4.69) is 46.5 Å². The SMILES string of the molecule is Br.CNC(=O)c1cnc(C(=O)CBr)cn1.CNC(=O)c1cnc(C(C)=O)cn1. The van der Waals surface area contributed by atoms with Crippen LogP contribution in [-0.4, -0.2) is 62.7 Å². The highest BCUT2D eigenvalue weighted by Gasteiger charge is 2.09. The largest absolute Gasteiger partial charge is 0.354 e. The van der Waals surface area contributed by atoms with Crippen molar-refractivity contribution in [3.63, 3.8) is 0 Å². The van der Waals surface area contributed by atoms with Gasteiger partial charge in [-0.2, -0.15) is 0 Å². The minimum atomic E-state index is -0.324. The number of halogens is 2. The van der Waals surface area contributed by atoms with Crippen molar-refractivity contribution >= 4 is 56.3 Å². The molecule has 0 aliphatic rings. The molecule has 0 fully saturated rings. The zero-order valence-electron chi connectivity index (χ0n) is 15.2. The molecule has 0 aromatic carbocycles. The van der Waals surface area contributed by atoms with E-state index in [4.69, 9.17) is 0 Å². The van der Waals surface area contributed by atoms with Crippen LogP contribution in [0.4, 0.5) is 0 Å². The molecule has 0 aliphatic carbocycles. The first-order valence-electron chi connectivity index (χ1n) is 7.52. The lowest BCUT2D eigenvalue weighted by molar-refractivity contribution is 0.0949. The Morgan fingerprint density at radius 3 is 1.43 bits per heavy atom. The molecular weight excluding hydrogens is 500 g/mol. The average molecular weight is 518 g/mol. The first-order chi connectivity index (χ1) is 12.8. The molecule has 28 heavy (non-hydrogen) atoms. The Balaban J connectivity index is 0.000000504. The number of nitrogens with one attached hydrogen (secondary N) is 2. The van der Waals surface area contributed by atoms with Crippen molar-refractivity contribution < 1.29 is 19.2 Å². The molecule has 0 saturated carbocycles. The average Bonchev–Trinajstić information content (AvgIpc) is 2.72. The molecule has 10 nitrogen and oxygen atoms in total. The Morgan fingerprint density at radius 1 is 0.786 bits per heavy atom. The minimum Gasteiger partial charge on any atom is -0.354 e. The molecule has 0 unspecified atom stereocenters. The normalized spacial score (nSPS) is 9.14. The molecule has 0 bridgehead atoms. The van der Waals surface area contributed by atoms with Gasteiger partial charge in [-0.25, -0.2) is 19.9 Å². The molecule has 0 atom stereocenters. The van der Waals surface area contributed by atoms with Crippen molar-refractivity contribution in [1.29, 1.82) is 0 Å². The fourth-order valence-corrected chi connectivity index (χ4v) is 1.83. The Kier molecular flexibility index (Phi) is 11.5. The summed E-state index contributed by atoms with van der Waals surface area (Å²) in [4.78, 5) is 59.1. The van der Waals surface area contributed by atoms with Gasteiger partial charge in [0.2, 0.25) is 0 Å². The number of aromatic nitrogens is 4. The maximum Gasteiger partial charge on any atom is 0.271 e. The molecule has 0 saturated heterocycles. The van der Waals surface area contributed by atoms with Gasteiger partial charge in [-0.05, 0) is 0 Å². The van der Waals surface area contributed by atoms with Crippen LogP contribution >= 0.6 is 32.9 Å². The van der Waals surface area contributed by atoms with E-state index in [9.17, 15) is 19.2 Å². The van der Waals surface area contributed by atoms with Gasteiger partial charge in [0.15, 0.2) is 11.6 Å². The van der Waals surface area contributed by atoms with E-state index in [0.717, 1.165) is 0 Å². The fourth-order valence-electron chi connectivity index (χ4n) is 1.54. The minimum absolute atomic E-state index is 0. The van der Waals surface area contributed by atoms with Crippen molar-refractivity contribution in [1.82, 2.24) is 30.6 Å². The first kappa shape index (κ1) is 25.4. The fraction of sp³-hybridized carbons (Fsp3) is 0.250. The van der Waals surface area contributed by atoms with Crippen LogP contribution in [0.1, 0.15) is 48.9 Å². The molecular formula is C16H18Br2N6O4. The van der Waals surface area contributed by atoms with E-state index in [1.54, 1.807) is 0 Å². The van der Waals surface area contributed by atoms with Crippen LogP contribution in [0.25, 0.3) is 0 Å². The van der Waals surface area contributed by atoms with E-state index in [0.29, 0.717) is 0 Å². The number of nitrogens with zero attached hydrogens (tertiary/aromatic N) is 4. The summed E-state index contributed by atoms with van der Waals surface area (Å²) in [6.45, 7) is 1.39. The van der Waals surface area contributed by atoms with Gasteiger partial charge in [0.05, 0.1) is 30.1 Å². The van der Waals surface area contributed by atoms with Gasteiger partial charge in [0.25, 0.3) is 11.8 Å². The van der Waals surface area contributed by atoms with Crippen LogP contribution in [0, 0.1) is 0 Å². The summed E-state index contributed by atoms with van der Waals surface area (Å²) in [7, 11) is 3.00. The van der Waals surface area contributed by atoms with E-state index >= 15 is 0 Å². The lowest BCUT2D eigenvalue weighted by Gasteiger charge is -1.99. The predicted octanol–water partition coefficient (Wildman–Crippen LogP) is 1.03. The number of carbonyl (C=O) groups is 4. The van der Waals surface area contributed by atoms with Crippen LogP contribution in [-0.2, 0) is 0 Å². The number of alkyl halides is 1. The van der Waals surface area contributed by atoms with Gasteiger partial charge in [-0.15, -0.1) is 17.0 Å². The quantitative estimate of drug-likeness (QED) is 0.442. The molecule has 2 aromatic heterocycles. The Hall–Kier alpha value is -2.60. The zero-order valence-corrected chi connectivity index (χ0v) is 18.5. The highest BCUT2D eigenvalue weighted by atomic mass is 79.9. The van der Waals surface area contributed by atoms with Crippen molar-refractivity contribution in [3.8, 4) is 0 Å². The molecule has 0 radical (unpaired) electrons. The van der Waals surface area contributed by atoms with Crippen molar-refractivity contribution in [2.75, 3.05) is 19.4 Å². The summed E-state index contributed by atoms with van der Waals surface area (Å²) in [6, 6.07) is 0. The highest BCUT2D eigenvalue weighted by molar-refractivity contribution is 9.09. The summed E-state index contributed by atoms with van der Waals surface area (Å²) in [6.07, 6.45) is 5.12. The van der Waals surface area contributed by atoms with Gasteiger partial charge >= 0.3 is 0 Å². The standard InChI is InChI=1S/C8H8BrN3O2.C8H9N3O2.BrH/c1-10-8(14)6-4-11-5(3-12-6)7(13)2-9;1-5(12)6-3-11-7(4-10-6)8(13)9-2;/h3-4H,2H2,1H3,(H,10,14);3-4H,1-2H3,(H,9,13);1H. The third-order valence-electron chi connectivity index (χ3n) is 2.99. The van der Waals surface area contributed by atoms with Crippen LogP contribution in [0.3, 0.4) is 0 Å². The molecule has 150 valence electrons. The van der Waals surface area contributed by atoms with E-state index in [-0.39, 0.29) is 68.5 Å². The summed E-state index contributed by atoms with van der Waals surface area (Å²) < 4.78 is 0. The molecule has 0 spiro atoms. The summed E-state index contributed by atoms with van der Waals surface area (Å²) in [5, 5.41) is 5.01. The van der Waals surface area contributed by atoms with Crippen LogP contribution in [0.5, 0.6) is 0 Å². The number of hydrogen-bond acceptors (Lipinski definition) is 8. The van der Waals surface area contributed by atoms with Crippen LogP contribution in [0.2, 0.25) is 0 Å². The number of Topliss-reactive ketones (excluding diaryl/α,β-unsaturated/α-hetero) is 2. The topological polar surface area (TPSA) is 144 Å². The second-order valence-corrected chi connectivity index (χ2v) is 5.41. The summed E-state index contributed by atoms with van der Waals surface area (Å²) in [5.41, 5.74) is 0.897. The lowest BCUT2D eigenvalue weighted by atomic mass is 10.3. The number of amides is 2. The Morgan fingerprint density at radius 2 is 1.14 bits per heavy atom. The second kappa shape index (κ2) is 12.7. The monoisotopic (exact) mass is 516 g/mol. The van der Waals surface area contributed by atoms with Crippen molar-refractivity contribution in [3.05, 3.63) is 47.6 Å². The second-order valence-electron chi connectivity index (χ2n) is 4.84. The van der Waals surface area contributed by atoms with Gasteiger partial charge < -0.3 is 10.6 Å². The van der Waals surface area contributed by atoms with Gasteiger partial charge in [0, 0.05) is 21.0 Å². The van der Waals surface area contributed by atoms with E-state index < -0.39 is 0 Å². The number of ketones is 2. The number of rotatable bonds is 5. The molecule has 12 heteroatoms. The van der Waals surface area contributed by atoms with Gasteiger partial charge in [-0.3, -0.25) is 19.2 Å². The van der Waals surface area contributed by atoms with Crippen molar-refractivity contribution in [2.24, 2.45) is 0 Å². The summed E-state index contributed by atoms with van der Waals surface area (Å²) >= 11 is 3.02. The molecule has 2 amide bonds. The van der Waals surface area contributed by atoms with Gasteiger partial charge in [0.1, 0.15) is 22.8 Å². The smallest absolute Gasteiger partial charge is 0.271 e. The van der Waals surface area contributed by atoms with Crippen LogP contribution < -0.4 is 10.6 Å². The molecule has 2 aromatic rings. The lowest BCUT2D eigenvalue weighted by Crippen LogP contribution is -2.20. The van der Waals surface area contributed by atoms with Crippen LogP contribution in [0.15, 0.2) is 24.8 Å². The number of hydrogen-bond donors (Lipinski definition) is 2. The molecule has 2 N–H and O–H groups in total. The Bertz CT molecular complexity index is 793. The molecule has 2 rings (SSSR count). The Labute approximate surface area is 179 Å². The first-order valence-corrected chi connectivity index (χ1v) is 8.64. The maximum atomic E-state index is 11.1. The number of carbonyl (C=O) groups excluding carboxylic acids is 4. The summed E-state index contributed by atoms with van der Waals surface area (Å²) in [5.74, 6) is -0.977. The maximum absolute atomic E-state index is 11.1. The third kappa shape index (κ3) is 7.56. The van der Waals surface area contributed by atoms with Gasteiger partial charge in [-0.1, -0.05) is 15.9 Å². The predicted molar refractivity (Wildman–Crippen MR) is 109 cm³/mol. The molecule has 0 aliphatic heterocycles. The van der Waals surface area contributed by atoms with E-state index in [1.165, 1.54) is 45.8 Å².